The second-order valence-electron chi connectivity index (χ2n) is 4.84. The molecule has 2 unspecified atom stereocenters. The predicted molar refractivity (Wildman–Crippen MR) is 66.2 cm³/mol. The molecule has 80 valence electrons. The van der Waals surface area contributed by atoms with E-state index < -0.39 is 0 Å². The largest absolute Gasteiger partial charge is 0.296 e. The van der Waals surface area contributed by atoms with Gasteiger partial charge in [-0.3, -0.25) is 5.32 Å². The van der Waals surface area contributed by atoms with Gasteiger partial charge in [-0.2, -0.15) is 0 Å². The SMILES string of the molecule is Cc1ccc2c(c1)C1(CC2)NC(C)CS1. The molecular formula is C13H17NS. The Morgan fingerprint density at radius 2 is 2.33 bits per heavy atom. The molecular weight excluding hydrogens is 202 g/mol. The summed E-state index contributed by atoms with van der Waals surface area (Å²) in [5, 5.41) is 3.78. The molecule has 0 bridgehead atoms. The van der Waals surface area contributed by atoms with Crippen LogP contribution in [-0.4, -0.2) is 11.8 Å². The molecule has 0 radical (unpaired) electrons. The van der Waals surface area contributed by atoms with Crippen LogP contribution in [0.5, 0.6) is 0 Å². The first-order chi connectivity index (χ1) is 7.20. The molecule has 1 aliphatic heterocycles. The molecule has 1 heterocycles. The third kappa shape index (κ3) is 1.42. The highest BCUT2D eigenvalue weighted by atomic mass is 32.2. The minimum absolute atomic E-state index is 0.251. The maximum Gasteiger partial charge on any atom is 0.0910 e. The highest BCUT2D eigenvalue weighted by molar-refractivity contribution is 8.00. The fourth-order valence-corrected chi connectivity index (χ4v) is 4.27. The molecule has 0 amide bonds. The smallest absolute Gasteiger partial charge is 0.0910 e. The Bertz CT molecular complexity index is 398. The van der Waals surface area contributed by atoms with Crippen LogP contribution in [0.15, 0.2) is 18.2 Å². The monoisotopic (exact) mass is 219 g/mol. The first-order valence-electron chi connectivity index (χ1n) is 5.71. The number of nitrogens with one attached hydrogen (secondary N) is 1. The number of fused-ring (bicyclic) bond motifs is 2. The maximum absolute atomic E-state index is 3.78. The molecule has 15 heavy (non-hydrogen) atoms. The second-order valence-corrected chi connectivity index (χ2v) is 6.16. The zero-order chi connectivity index (χ0) is 10.5. The number of thioether (sulfide) groups is 1. The molecule has 1 aliphatic carbocycles. The first kappa shape index (κ1) is 9.73. The average Bonchev–Trinajstić information content (AvgIpc) is 2.74. The van der Waals surface area contributed by atoms with Gasteiger partial charge in [0.25, 0.3) is 0 Å². The Hall–Kier alpha value is -0.470. The van der Waals surface area contributed by atoms with Crippen LogP contribution in [-0.2, 0) is 11.3 Å². The lowest BCUT2D eigenvalue weighted by molar-refractivity contribution is 0.465. The van der Waals surface area contributed by atoms with Crippen molar-refractivity contribution in [2.75, 3.05) is 5.75 Å². The average molecular weight is 219 g/mol. The highest BCUT2D eigenvalue weighted by Crippen LogP contribution is 2.49. The van der Waals surface area contributed by atoms with Crippen LogP contribution in [0, 0.1) is 6.92 Å². The minimum atomic E-state index is 0.251. The van der Waals surface area contributed by atoms with Crippen LogP contribution in [0.4, 0.5) is 0 Å². The molecule has 1 aromatic rings. The lowest BCUT2D eigenvalue weighted by Gasteiger charge is -2.25. The van der Waals surface area contributed by atoms with Crippen molar-refractivity contribution >= 4 is 11.8 Å². The third-order valence-corrected chi connectivity index (χ3v) is 5.21. The molecule has 0 aromatic heterocycles. The second kappa shape index (κ2) is 3.26. The fourth-order valence-electron chi connectivity index (χ4n) is 2.78. The van der Waals surface area contributed by atoms with E-state index in [1.54, 1.807) is 11.1 Å². The molecule has 1 fully saturated rings. The molecule has 1 aromatic carbocycles. The van der Waals surface area contributed by atoms with E-state index in [-0.39, 0.29) is 4.87 Å². The lowest BCUT2D eigenvalue weighted by atomic mass is 10.0. The summed E-state index contributed by atoms with van der Waals surface area (Å²) in [6.07, 6.45) is 2.50. The summed E-state index contributed by atoms with van der Waals surface area (Å²) >= 11 is 2.10. The van der Waals surface area contributed by atoms with Crippen molar-refractivity contribution in [3.05, 3.63) is 34.9 Å². The van der Waals surface area contributed by atoms with Crippen LogP contribution in [0.3, 0.4) is 0 Å². The highest BCUT2D eigenvalue weighted by Gasteiger charge is 2.43. The summed E-state index contributed by atoms with van der Waals surface area (Å²) in [5.41, 5.74) is 4.49. The molecule has 1 N–H and O–H groups in total. The van der Waals surface area contributed by atoms with Gasteiger partial charge in [0.15, 0.2) is 0 Å². The van der Waals surface area contributed by atoms with E-state index in [1.807, 2.05) is 0 Å². The fraction of sp³-hybridized carbons (Fsp3) is 0.538. The molecule has 0 saturated carbocycles. The zero-order valence-electron chi connectivity index (χ0n) is 9.34. The summed E-state index contributed by atoms with van der Waals surface area (Å²) in [4.78, 5) is 0.251. The van der Waals surface area contributed by atoms with Crippen molar-refractivity contribution in [2.45, 2.75) is 37.6 Å². The number of aryl methyl sites for hydroxylation is 2. The first-order valence-corrected chi connectivity index (χ1v) is 6.70. The van der Waals surface area contributed by atoms with Gasteiger partial charge >= 0.3 is 0 Å². The summed E-state index contributed by atoms with van der Waals surface area (Å²) < 4.78 is 0. The Morgan fingerprint density at radius 1 is 1.47 bits per heavy atom. The van der Waals surface area contributed by atoms with Gasteiger partial charge < -0.3 is 0 Å². The molecule has 3 rings (SSSR count). The molecule has 1 nitrogen and oxygen atoms in total. The van der Waals surface area contributed by atoms with Crippen LogP contribution in [0.25, 0.3) is 0 Å². The van der Waals surface area contributed by atoms with E-state index in [0.29, 0.717) is 6.04 Å². The Kier molecular flexibility index (Phi) is 2.12. The number of hydrogen-bond acceptors (Lipinski definition) is 2. The Morgan fingerprint density at radius 3 is 3.07 bits per heavy atom. The summed E-state index contributed by atoms with van der Waals surface area (Å²) in [7, 11) is 0. The van der Waals surface area contributed by atoms with Gasteiger partial charge in [-0.15, -0.1) is 11.8 Å². The molecule has 1 saturated heterocycles. The topological polar surface area (TPSA) is 12.0 Å². The molecule has 2 atom stereocenters. The molecule has 1 spiro atoms. The number of rotatable bonds is 0. The van der Waals surface area contributed by atoms with Gasteiger partial charge in [0.1, 0.15) is 0 Å². The predicted octanol–water partition coefficient (Wildman–Crippen LogP) is 2.82. The van der Waals surface area contributed by atoms with Crippen molar-refractivity contribution in [3.8, 4) is 0 Å². The van der Waals surface area contributed by atoms with Gasteiger partial charge in [-0.05, 0) is 37.8 Å². The Labute approximate surface area is 95.6 Å². The van der Waals surface area contributed by atoms with Gasteiger partial charge in [-0.1, -0.05) is 23.8 Å². The van der Waals surface area contributed by atoms with E-state index in [0.717, 1.165) is 0 Å². The number of benzene rings is 1. The van der Waals surface area contributed by atoms with Gasteiger partial charge in [0, 0.05) is 11.8 Å². The van der Waals surface area contributed by atoms with E-state index in [2.05, 4.69) is 49.1 Å². The van der Waals surface area contributed by atoms with E-state index in [9.17, 15) is 0 Å². The Balaban J connectivity index is 2.07. The zero-order valence-corrected chi connectivity index (χ0v) is 10.2. The molecule has 2 heteroatoms. The summed E-state index contributed by atoms with van der Waals surface area (Å²) in [5.74, 6) is 1.24. The molecule has 2 aliphatic rings. The standard InChI is InChI=1S/C13H17NS/c1-9-3-4-11-5-6-13(12(11)7-9)14-10(2)8-15-13/h3-4,7,10,14H,5-6,8H2,1-2H3. The third-order valence-electron chi connectivity index (χ3n) is 3.51. The van der Waals surface area contributed by atoms with Crippen LogP contribution >= 0.6 is 11.8 Å². The number of hydrogen-bond donors (Lipinski definition) is 1. The van der Waals surface area contributed by atoms with E-state index >= 15 is 0 Å². The van der Waals surface area contributed by atoms with Crippen molar-refractivity contribution in [1.29, 1.82) is 0 Å². The van der Waals surface area contributed by atoms with Crippen LogP contribution < -0.4 is 5.32 Å². The quantitative estimate of drug-likeness (QED) is 0.720. The van der Waals surface area contributed by atoms with Gasteiger partial charge in [0.2, 0.25) is 0 Å². The van der Waals surface area contributed by atoms with Gasteiger partial charge in [0.05, 0.1) is 4.87 Å². The van der Waals surface area contributed by atoms with E-state index in [1.165, 1.54) is 24.2 Å². The van der Waals surface area contributed by atoms with Gasteiger partial charge in [-0.25, -0.2) is 0 Å². The normalized spacial score (nSPS) is 33.6. The van der Waals surface area contributed by atoms with Crippen LogP contribution in [0.1, 0.15) is 30.0 Å². The van der Waals surface area contributed by atoms with E-state index in [4.69, 9.17) is 0 Å². The van der Waals surface area contributed by atoms with Crippen molar-refractivity contribution < 1.29 is 0 Å². The van der Waals surface area contributed by atoms with Crippen molar-refractivity contribution in [1.82, 2.24) is 5.32 Å². The van der Waals surface area contributed by atoms with Crippen molar-refractivity contribution in [2.24, 2.45) is 0 Å². The maximum atomic E-state index is 3.78. The minimum Gasteiger partial charge on any atom is -0.296 e. The summed E-state index contributed by atoms with van der Waals surface area (Å²) in [6.45, 7) is 4.48. The lowest BCUT2D eigenvalue weighted by Crippen LogP contribution is -2.36. The van der Waals surface area contributed by atoms with Crippen LogP contribution in [0.2, 0.25) is 0 Å². The van der Waals surface area contributed by atoms with Crippen molar-refractivity contribution in [3.63, 3.8) is 0 Å². The summed E-state index contributed by atoms with van der Waals surface area (Å²) in [6, 6.07) is 7.58.